The van der Waals surface area contributed by atoms with Gasteiger partial charge < -0.3 is 11.6 Å². The van der Waals surface area contributed by atoms with E-state index >= 15 is 0 Å². The third-order valence-corrected chi connectivity index (χ3v) is 0. The Morgan fingerprint density at radius 2 is 1.50 bits per heavy atom. The smallest absolute Gasteiger partial charge is 1.00 e. The van der Waals surface area contributed by atoms with E-state index in [9.17, 15) is 0 Å². The van der Waals surface area contributed by atoms with E-state index in [2.05, 4.69) is 0 Å². The summed E-state index contributed by atoms with van der Waals surface area (Å²) >= 11 is 0. The van der Waals surface area contributed by atoms with Gasteiger partial charge in [0.15, 0.2) is 0 Å². The number of rotatable bonds is 0. The third-order valence-electron chi connectivity index (χ3n) is 0. The first-order valence-electron chi connectivity index (χ1n) is 0.651. The third kappa shape index (κ3) is 80.0. The van der Waals surface area contributed by atoms with Crippen molar-refractivity contribution >= 4 is 30.1 Å². The Balaban J connectivity index is -0.0000000150. The number of hydrogen-bond donors (Lipinski definition) is 2. The molecule has 0 aromatic heterocycles. The predicted molar refractivity (Wildman–Crippen MR) is 27.2 cm³/mol. The molecule has 0 aliphatic rings. The van der Waals surface area contributed by atoms with Crippen molar-refractivity contribution in [2.45, 2.75) is 0 Å². The zero-order chi connectivity index (χ0) is 3.58. The van der Waals surface area contributed by atoms with Gasteiger partial charge in [-0.15, -0.1) is 24.0 Å². The van der Waals surface area contributed by atoms with Crippen LogP contribution in [0.1, 0.15) is 1.43 Å². The van der Waals surface area contributed by atoms with Crippen molar-refractivity contribution in [3.05, 3.63) is 0 Å². The fourth-order valence-corrected chi connectivity index (χ4v) is 0. The van der Waals surface area contributed by atoms with Crippen molar-refractivity contribution < 1.29 is 46.0 Å². The number of carbonyl (C=O) groups is 1. The fraction of sp³-hybridized carbons (Fsp3) is 0. The molecule has 0 aromatic carbocycles. The second kappa shape index (κ2) is 9.38. The summed E-state index contributed by atoms with van der Waals surface area (Å²) in [5.74, 6) is 0. The molecule has 0 fully saturated rings. The average molecular weight is 214 g/mol. The molecule has 0 amide bonds. The van der Waals surface area contributed by atoms with Crippen LogP contribution in [-0.2, 0) is 0 Å². The molecule has 0 aliphatic carbocycles. The van der Waals surface area contributed by atoms with Crippen LogP contribution in [0.4, 0.5) is 4.79 Å². The second-order valence-electron chi connectivity index (χ2n) is 0.283. The molecule has 3 nitrogen and oxygen atoms in total. The summed E-state index contributed by atoms with van der Waals surface area (Å²) in [6, 6.07) is 0. The van der Waals surface area contributed by atoms with E-state index in [1.54, 1.807) is 0 Å². The number of carboxylic acid groups (broad SMARTS) is 2. The van der Waals surface area contributed by atoms with Crippen LogP contribution >= 0.6 is 24.0 Å². The molecular formula is CH4INaO3. The minimum Gasteiger partial charge on any atom is -1.00 e. The molecule has 0 saturated carbocycles. The van der Waals surface area contributed by atoms with Crippen LogP contribution in [0, 0.1) is 0 Å². The quantitative estimate of drug-likeness (QED) is 0.360. The Morgan fingerprint density at radius 1 is 1.50 bits per heavy atom. The minimum absolute atomic E-state index is 0. The van der Waals surface area contributed by atoms with Gasteiger partial charge >= 0.3 is 35.7 Å². The largest absolute Gasteiger partial charge is 1.00 e. The normalized spacial score (nSPS) is 4.00. The Hall–Kier alpha value is 1.00. The van der Waals surface area contributed by atoms with E-state index in [1.807, 2.05) is 0 Å². The van der Waals surface area contributed by atoms with Crippen LogP contribution in [0.3, 0.4) is 0 Å². The van der Waals surface area contributed by atoms with Crippen LogP contribution in [0.2, 0.25) is 0 Å². The Morgan fingerprint density at radius 3 is 1.50 bits per heavy atom. The van der Waals surface area contributed by atoms with E-state index in [-0.39, 0.29) is 55.0 Å². The minimum atomic E-state index is -1.83. The van der Waals surface area contributed by atoms with E-state index in [4.69, 9.17) is 15.0 Å². The van der Waals surface area contributed by atoms with Gasteiger partial charge in [0.05, 0.1) is 0 Å². The topological polar surface area (TPSA) is 57.5 Å². The Labute approximate surface area is 75.5 Å². The molecule has 0 heterocycles. The van der Waals surface area contributed by atoms with E-state index in [1.165, 1.54) is 0 Å². The Bertz CT molecular complexity index is 37.9. The molecule has 0 atom stereocenters. The molecule has 6 heavy (non-hydrogen) atoms. The molecule has 2 N–H and O–H groups in total. The standard InChI is InChI=1S/CH2O3.HI.Na.H/c2-1(3)4;;;/h(H2,2,3,4);1H;;/q;;+1;-1. The van der Waals surface area contributed by atoms with Crippen molar-refractivity contribution in [3.8, 4) is 0 Å². The van der Waals surface area contributed by atoms with Crippen molar-refractivity contribution in [1.82, 2.24) is 0 Å². The van der Waals surface area contributed by atoms with Crippen LogP contribution in [0.25, 0.3) is 0 Å². The SMILES string of the molecule is I.O=C(O)O.[H-].[Na+]. The maximum atomic E-state index is 8.56. The van der Waals surface area contributed by atoms with Crippen molar-refractivity contribution in [1.29, 1.82) is 0 Å². The monoisotopic (exact) mass is 214 g/mol. The molecule has 0 saturated heterocycles. The number of halogens is 1. The van der Waals surface area contributed by atoms with E-state index in [0.717, 1.165) is 0 Å². The molecule has 0 aromatic rings. The predicted octanol–water partition coefficient (Wildman–Crippen LogP) is -2.04. The van der Waals surface area contributed by atoms with Gasteiger partial charge in [0.25, 0.3) is 0 Å². The van der Waals surface area contributed by atoms with Gasteiger partial charge in [-0.2, -0.15) is 0 Å². The molecule has 0 bridgehead atoms. The van der Waals surface area contributed by atoms with Crippen LogP contribution in [0.5, 0.6) is 0 Å². The van der Waals surface area contributed by atoms with E-state index in [0.29, 0.717) is 0 Å². The first-order valence-corrected chi connectivity index (χ1v) is 0.651. The van der Waals surface area contributed by atoms with Gasteiger partial charge in [0.1, 0.15) is 0 Å². The molecule has 0 spiro atoms. The number of hydrogen-bond acceptors (Lipinski definition) is 1. The average Bonchev–Trinajstić information content (AvgIpc) is 0.811. The van der Waals surface area contributed by atoms with Gasteiger partial charge in [-0.1, -0.05) is 0 Å². The molecule has 0 radical (unpaired) electrons. The van der Waals surface area contributed by atoms with Gasteiger partial charge in [-0.05, 0) is 0 Å². The summed E-state index contributed by atoms with van der Waals surface area (Å²) in [7, 11) is 0. The summed E-state index contributed by atoms with van der Waals surface area (Å²) < 4.78 is 0. The summed E-state index contributed by atoms with van der Waals surface area (Å²) in [6.45, 7) is 0. The Kier molecular flexibility index (Phi) is 24.6. The zero-order valence-corrected chi connectivity index (χ0v) is 7.54. The second-order valence-corrected chi connectivity index (χ2v) is 0.283. The summed E-state index contributed by atoms with van der Waals surface area (Å²) in [4.78, 5) is 8.56. The van der Waals surface area contributed by atoms with Crippen LogP contribution in [0.15, 0.2) is 0 Å². The molecule has 5 heteroatoms. The van der Waals surface area contributed by atoms with Crippen molar-refractivity contribution in [2.24, 2.45) is 0 Å². The molecule has 34 valence electrons. The molecular weight excluding hydrogens is 210 g/mol. The van der Waals surface area contributed by atoms with Gasteiger partial charge in [-0.3, -0.25) is 0 Å². The van der Waals surface area contributed by atoms with E-state index < -0.39 is 6.16 Å². The summed E-state index contributed by atoms with van der Waals surface area (Å²) in [6.07, 6.45) is -1.83. The van der Waals surface area contributed by atoms with Crippen molar-refractivity contribution in [2.75, 3.05) is 0 Å². The van der Waals surface area contributed by atoms with Gasteiger partial charge in [-0.25, -0.2) is 4.79 Å². The maximum Gasteiger partial charge on any atom is 1.00 e. The van der Waals surface area contributed by atoms with Crippen LogP contribution < -0.4 is 29.6 Å². The first-order chi connectivity index (χ1) is 1.73. The fourth-order valence-electron chi connectivity index (χ4n) is 0. The first kappa shape index (κ1) is 15.8. The van der Waals surface area contributed by atoms with Gasteiger partial charge in [0.2, 0.25) is 0 Å². The zero-order valence-electron chi connectivity index (χ0n) is 4.21. The van der Waals surface area contributed by atoms with Gasteiger partial charge in [0, 0.05) is 0 Å². The molecule has 0 unspecified atom stereocenters. The summed E-state index contributed by atoms with van der Waals surface area (Å²) in [5.41, 5.74) is 0. The van der Waals surface area contributed by atoms with Crippen LogP contribution in [-0.4, -0.2) is 16.4 Å². The van der Waals surface area contributed by atoms with Crippen molar-refractivity contribution in [3.63, 3.8) is 0 Å². The molecule has 0 aliphatic heterocycles. The summed E-state index contributed by atoms with van der Waals surface area (Å²) in [5, 5.41) is 13.9. The maximum absolute atomic E-state index is 8.56. The molecule has 0 rings (SSSR count).